The van der Waals surface area contributed by atoms with E-state index >= 15 is 0 Å². The molecule has 1 heterocycles. The van der Waals surface area contributed by atoms with Gasteiger partial charge in [0, 0.05) is 18.2 Å². The number of hydrogen-bond donors (Lipinski definition) is 2. The first kappa shape index (κ1) is 18.2. The first-order chi connectivity index (χ1) is 11.3. The largest absolute Gasteiger partial charge is 0.383 e. The van der Waals surface area contributed by atoms with Crippen LogP contribution < -0.4 is 10.6 Å². The molecule has 0 spiro atoms. The van der Waals surface area contributed by atoms with Gasteiger partial charge in [0.15, 0.2) is 0 Å². The molecule has 2 atom stereocenters. The van der Waals surface area contributed by atoms with Crippen LogP contribution in [-0.4, -0.2) is 49.0 Å². The maximum Gasteiger partial charge on any atom is 0.325 e. The zero-order valence-electron chi connectivity index (χ0n) is 13.8. The van der Waals surface area contributed by atoms with Crippen LogP contribution in [0.4, 0.5) is 4.79 Å². The van der Waals surface area contributed by atoms with Gasteiger partial charge < -0.3 is 15.4 Å². The molecule has 0 aliphatic carbocycles. The molecule has 8 heteroatoms. The van der Waals surface area contributed by atoms with E-state index in [4.69, 9.17) is 16.3 Å². The number of rotatable bonds is 6. The Morgan fingerprint density at radius 1 is 1.38 bits per heavy atom. The second-order valence-electron chi connectivity index (χ2n) is 5.88. The standard InChI is InChI=1S/C16H20ClN3O4/c1-10(9-24-3)18-13(21)8-20-14(22)16(2,19-15(20)23)11-4-6-12(17)7-5-11/h4-7,10H,8-9H2,1-3H3,(H,18,21)(H,19,23). The van der Waals surface area contributed by atoms with E-state index in [0.29, 0.717) is 17.2 Å². The lowest BCUT2D eigenvalue weighted by atomic mass is 9.92. The van der Waals surface area contributed by atoms with Crippen molar-refractivity contribution in [3.8, 4) is 0 Å². The summed E-state index contributed by atoms with van der Waals surface area (Å²) in [6.45, 7) is 3.36. The molecule has 2 N–H and O–H groups in total. The summed E-state index contributed by atoms with van der Waals surface area (Å²) in [7, 11) is 1.53. The summed E-state index contributed by atoms with van der Waals surface area (Å²) in [6.07, 6.45) is 0. The third kappa shape index (κ3) is 3.68. The maximum absolute atomic E-state index is 12.7. The van der Waals surface area contributed by atoms with Crippen LogP contribution in [0.5, 0.6) is 0 Å². The minimum Gasteiger partial charge on any atom is -0.383 e. The summed E-state index contributed by atoms with van der Waals surface area (Å²) in [4.78, 5) is 37.7. The van der Waals surface area contributed by atoms with E-state index in [-0.39, 0.29) is 12.6 Å². The molecule has 1 aliphatic rings. The third-order valence-electron chi connectivity index (χ3n) is 3.82. The van der Waals surface area contributed by atoms with Gasteiger partial charge in [-0.2, -0.15) is 0 Å². The van der Waals surface area contributed by atoms with Gasteiger partial charge in [0.25, 0.3) is 5.91 Å². The Kier molecular flexibility index (Phi) is 5.46. The number of amides is 4. The lowest BCUT2D eigenvalue weighted by molar-refractivity contribution is -0.135. The Bertz CT molecular complexity index is 649. The van der Waals surface area contributed by atoms with Gasteiger partial charge in [0.05, 0.1) is 6.61 Å². The molecule has 1 fully saturated rings. The molecule has 0 saturated carbocycles. The van der Waals surface area contributed by atoms with E-state index < -0.39 is 23.4 Å². The van der Waals surface area contributed by atoms with Crippen molar-refractivity contribution in [2.24, 2.45) is 0 Å². The molecule has 0 radical (unpaired) electrons. The van der Waals surface area contributed by atoms with E-state index in [2.05, 4.69) is 10.6 Å². The Balaban J connectivity index is 2.11. The van der Waals surface area contributed by atoms with Crippen LogP contribution in [0.1, 0.15) is 19.4 Å². The molecule has 1 aromatic carbocycles. The fraction of sp³-hybridized carbons (Fsp3) is 0.438. The van der Waals surface area contributed by atoms with Gasteiger partial charge in [-0.3, -0.25) is 14.5 Å². The van der Waals surface area contributed by atoms with Crippen LogP contribution in [0.25, 0.3) is 0 Å². The number of nitrogens with one attached hydrogen (secondary N) is 2. The molecule has 1 aromatic rings. The monoisotopic (exact) mass is 353 g/mol. The van der Waals surface area contributed by atoms with Crippen LogP contribution in [0.15, 0.2) is 24.3 Å². The van der Waals surface area contributed by atoms with E-state index in [1.54, 1.807) is 38.1 Å². The molecule has 4 amide bonds. The highest BCUT2D eigenvalue weighted by atomic mass is 35.5. The highest BCUT2D eigenvalue weighted by Crippen LogP contribution is 2.29. The summed E-state index contributed by atoms with van der Waals surface area (Å²) in [6, 6.07) is 5.81. The Morgan fingerprint density at radius 2 is 2.00 bits per heavy atom. The van der Waals surface area contributed by atoms with Gasteiger partial charge >= 0.3 is 6.03 Å². The number of ether oxygens (including phenoxy) is 1. The van der Waals surface area contributed by atoms with Crippen molar-refractivity contribution in [2.45, 2.75) is 25.4 Å². The zero-order valence-corrected chi connectivity index (χ0v) is 14.5. The lowest BCUT2D eigenvalue weighted by Crippen LogP contribution is -2.45. The number of methoxy groups -OCH3 is 1. The average molecular weight is 354 g/mol. The van der Waals surface area contributed by atoms with Gasteiger partial charge in [0.1, 0.15) is 12.1 Å². The minimum atomic E-state index is -1.22. The summed E-state index contributed by atoms with van der Waals surface area (Å²) in [5, 5.41) is 5.84. The van der Waals surface area contributed by atoms with Gasteiger partial charge in [-0.25, -0.2) is 4.79 Å². The molecule has 2 rings (SSSR count). The highest BCUT2D eigenvalue weighted by molar-refractivity contribution is 6.30. The van der Waals surface area contributed by atoms with E-state index in [9.17, 15) is 14.4 Å². The molecule has 1 aliphatic heterocycles. The summed E-state index contributed by atoms with van der Waals surface area (Å²) >= 11 is 5.85. The second kappa shape index (κ2) is 7.19. The van der Waals surface area contributed by atoms with Crippen molar-refractivity contribution in [2.75, 3.05) is 20.3 Å². The van der Waals surface area contributed by atoms with Crippen LogP contribution in [0, 0.1) is 0 Å². The quantitative estimate of drug-likeness (QED) is 0.754. The number of carbonyl (C=O) groups is 3. The predicted molar refractivity (Wildman–Crippen MR) is 88.5 cm³/mol. The molecule has 7 nitrogen and oxygen atoms in total. The summed E-state index contributed by atoms with van der Waals surface area (Å²) < 4.78 is 4.93. The Hall–Kier alpha value is -2.12. The molecular formula is C16H20ClN3O4. The van der Waals surface area contributed by atoms with Crippen molar-refractivity contribution < 1.29 is 19.1 Å². The Morgan fingerprint density at radius 3 is 2.58 bits per heavy atom. The van der Waals surface area contributed by atoms with Crippen molar-refractivity contribution in [1.82, 2.24) is 15.5 Å². The van der Waals surface area contributed by atoms with Gasteiger partial charge in [0.2, 0.25) is 5.91 Å². The van der Waals surface area contributed by atoms with E-state index in [1.165, 1.54) is 7.11 Å². The Labute approximate surface area is 145 Å². The summed E-state index contributed by atoms with van der Waals surface area (Å²) in [5.41, 5.74) is -0.624. The van der Waals surface area contributed by atoms with E-state index in [1.807, 2.05) is 0 Å². The molecule has 1 saturated heterocycles. The molecule has 2 unspecified atom stereocenters. The number of urea groups is 1. The van der Waals surface area contributed by atoms with E-state index in [0.717, 1.165) is 4.90 Å². The topological polar surface area (TPSA) is 87.7 Å². The normalized spacial score (nSPS) is 21.6. The number of carbonyl (C=O) groups excluding carboxylic acids is 3. The molecule has 24 heavy (non-hydrogen) atoms. The molecule has 130 valence electrons. The van der Waals surface area contributed by atoms with Gasteiger partial charge in [-0.05, 0) is 31.5 Å². The molecule has 0 bridgehead atoms. The average Bonchev–Trinajstić information content (AvgIpc) is 2.72. The first-order valence-electron chi connectivity index (χ1n) is 7.46. The van der Waals surface area contributed by atoms with Crippen LogP contribution in [0.2, 0.25) is 5.02 Å². The lowest BCUT2D eigenvalue weighted by Gasteiger charge is -2.22. The number of hydrogen-bond acceptors (Lipinski definition) is 4. The first-order valence-corrected chi connectivity index (χ1v) is 7.84. The van der Waals surface area contributed by atoms with Crippen molar-refractivity contribution in [3.05, 3.63) is 34.9 Å². The SMILES string of the molecule is COCC(C)NC(=O)CN1C(=O)NC(C)(c2ccc(Cl)cc2)C1=O. The maximum atomic E-state index is 12.7. The predicted octanol–water partition coefficient (Wildman–Crippen LogP) is 1.26. The number of imide groups is 1. The number of halogens is 1. The summed E-state index contributed by atoms with van der Waals surface area (Å²) in [5.74, 6) is -0.909. The third-order valence-corrected chi connectivity index (χ3v) is 4.07. The van der Waals surface area contributed by atoms with Crippen molar-refractivity contribution in [1.29, 1.82) is 0 Å². The van der Waals surface area contributed by atoms with Crippen molar-refractivity contribution in [3.63, 3.8) is 0 Å². The molecule has 0 aromatic heterocycles. The van der Waals surface area contributed by atoms with Gasteiger partial charge in [-0.15, -0.1) is 0 Å². The van der Waals surface area contributed by atoms with Gasteiger partial charge in [-0.1, -0.05) is 23.7 Å². The van der Waals surface area contributed by atoms with Crippen molar-refractivity contribution >= 4 is 29.4 Å². The van der Waals surface area contributed by atoms with Crippen LogP contribution >= 0.6 is 11.6 Å². The number of benzene rings is 1. The zero-order chi connectivity index (χ0) is 17.9. The fourth-order valence-corrected chi connectivity index (χ4v) is 2.70. The molecular weight excluding hydrogens is 334 g/mol. The second-order valence-corrected chi connectivity index (χ2v) is 6.31. The smallest absolute Gasteiger partial charge is 0.325 e. The number of nitrogens with zero attached hydrogens (tertiary/aromatic N) is 1. The minimum absolute atomic E-state index is 0.217. The fourth-order valence-electron chi connectivity index (χ4n) is 2.58. The van der Waals surface area contributed by atoms with Crippen LogP contribution in [0.3, 0.4) is 0 Å². The van der Waals surface area contributed by atoms with Crippen LogP contribution in [-0.2, 0) is 19.9 Å². The highest BCUT2D eigenvalue weighted by Gasteiger charge is 2.49.